The van der Waals surface area contributed by atoms with E-state index in [0.717, 1.165) is 0 Å². The molecule has 2 aromatic rings. The minimum absolute atomic E-state index is 0.0242. The lowest BCUT2D eigenvalue weighted by molar-refractivity contribution is 0.0996. The van der Waals surface area contributed by atoms with Crippen molar-refractivity contribution in [2.24, 2.45) is 12.2 Å². The first-order valence-corrected chi connectivity index (χ1v) is 4.40. The summed E-state index contributed by atoms with van der Waals surface area (Å²) in [6.45, 7) is 0. The third-order valence-corrected chi connectivity index (χ3v) is 1.92. The van der Waals surface area contributed by atoms with Crippen LogP contribution in [-0.2, 0) is 7.05 Å². The summed E-state index contributed by atoms with van der Waals surface area (Å²) in [5, 5.41) is 6.25. The van der Waals surface area contributed by atoms with Crippen molar-refractivity contribution in [2.45, 2.75) is 0 Å². The van der Waals surface area contributed by atoms with Crippen LogP contribution in [0.5, 0.6) is 0 Å². The largest absolute Gasteiger partial charge is 0.335 e. The summed E-state index contributed by atoms with van der Waals surface area (Å²) in [4.78, 5) is 29.0. The Labute approximate surface area is 90.1 Å². The molecule has 80 valence electrons. The van der Waals surface area contributed by atoms with E-state index < -0.39 is 5.91 Å². The lowest BCUT2D eigenvalue weighted by Crippen LogP contribution is -2.00. The Hall–Kier alpha value is -2.44. The number of hydrogen-bond acceptors (Lipinski definition) is 5. The van der Waals surface area contributed by atoms with Gasteiger partial charge in [0.25, 0.3) is 0 Å². The van der Waals surface area contributed by atoms with Gasteiger partial charge in [-0.15, -0.1) is 4.91 Å². The maximum absolute atomic E-state index is 11.0. The summed E-state index contributed by atoms with van der Waals surface area (Å²) < 4.78 is 1.59. The molecule has 7 heteroatoms. The van der Waals surface area contributed by atoms with E-state index >= 15 is 0 Å². The molecule has 0 atom stereocenters. The molecule has 0 radical (unpaired) electrons. The van der Waals surface area contributed by atoms with E-state index in [1.807, 2.05) is 0 Å². The van der Waals surface area contributed by atoms with Gasteiger partial charge in [-0.1, -0.05) is 0 Å². The van der Waals surface area contributed by atoms with Crippen LogP contribution in [-0.4, -0.2) is 25.7 Å². The zero-order valence-electron chi connectivity index (χ0n) is 8.36. The van der Waals surface area contributed by atoms with Gasteiger partial charge >= 0.3 is 5.91 Å². The van der Waals surface area contributed by atoms with Gasteiger partial charge in [-0.2, -0.15) is 5.10 Å². The van der Waals surface area contributed by atoms with Crippen molar-refractivity contribution < 1.29 is 4.79 Å². The first-order valence-electron chi connectivity index (χ1n) is 4.40. The summed E-state index contributed by atoms with van der Waals surface area (Å²) in [7, 11) is 1.76. The quantitative estimate of drug-likeness (QED) is 0.693. The third kappa shape index (κ3) is 1.83. The monoisotopic (exact) mass is 217 g/mol. The standard InChI is InChI=1S/C9H7N5O2/c1-14-5-6(4-11-14)8-10-3-2-7(12-8)9(15)13-16/h2-5H,1H3. The normalized spacial score (nSPS) is 10.1. The van der Waals surface area contributed by atoms with E-state index in [0.29, 0.717) is 11.4 Å². The molecule has 2 heterocycles. The highest BCUT2D eigenvalue weighted by Gasteiger charge is 2.10. The Morgan fingerprint density at radius 3 is 2.94 bits per heavy atom. The number of aromatic nitrogens is 4. The van der Waals surface area contributed by atoms with E-state index in [4.69, 9.17) is 0 Å². The molecule has 0 saturated carbocycles. The van der Waals surface area contributed by atoms with Gasteiger partial charge in [-0.05, 0) is 6.07 Å². The second-order valence-corrected chi connectivity index (χ2v) is 3.06. The van der Waals surface area contributed by atoms with Crippen LogP contribution in [0.3, 0.4) is 0 Å². The molecular weight excluding hydrogens is 210 g/mol. The average Bonchev–Trinajstić information content (AvgIpc) is 2.75. The fourth-order valence-electron chi connectivity index (χ4n) is 1.20. The number of aryl methyl sites for hydroxylation is 1. The third-order valence-electron chi connectivity index (χ3n) is 1.92. The van der Waals surface area contributed by atoms with E-state index in [9.17, 15) is 9.70 Å². The number of nitroso groups, excluding NO2 is 1. The summed E-state index contributed by atoms with van der Waals surface area (Å²) in [5.41, 5.74) is 0.645. The summed E-state index contributed by atoms with van der Waals surface area (Å²) in [6.07, 6.45) is 4.67. The molecule has 7 nitrogen and oxygen atoms in total. The van der Waals surface area contributed by atoms with Gasteiger partial charge in [-0.3, -0.25) is 9.48 Å². The van der Waals surface area contributed by atoms with Gasteiger partial charge in [0, 0.05) is 24.6 Å². The van der Waals surface area contributed by atoms with E-state index in [1.54, 1.807) is 24.1 Å². The van der Waals surface area contributed by atoms with Crippen molar-refractivity contribution in [3.05, 3.63) is 35.3 Å². The number of carbonyl (C=O) groups excluding carboxylic acids is 1. The lowest BCUT2D eigenvalue weighted by atomic mass is 10.3. The molecule has 0 aliphatic carbocycles. The Morgan fingerprint density at radius 1 is 1.50 bits per heavy atom. The molecule has 0 fully saturated rings. The Balaban J connectivity index is 2.43. The van der Waals surface area contributed by atoms with Crippen LogP contribution < -0.4 is 0 Å². The van der Waals surface area contributed by atoms with E-state index in [2.05, 4.69) is 20.2 Å². The highest BCUT2D eigenvalue weighted by Crippen LogP contribution is 2.13. The van der Waals surface area contributed by atoms with E-state index in [1.165, 1.54) is 12.3 Å². The molecule has 16 heavy (non-hydrogen) atoms. The number of hydrogen-bond donors (Lipinski definition) is 0. The SMILES string of the molecule is Cn1cc(-c2nccc(C(=O)N=O)n2)cn1. The van der Waals surface area contributed by atoms with Gasteiger partial charge in [-0.25, -0.2) is 9.97 Å². The smallest absolute Gasteiger partial charge is 0.275 e. The second kappa shape index (κ2) is 3.97. The first kappa shape index (κ1) is 10.1. The topological polar surface area (TPSA) is 90.1 Å². The van der Waals surface area contributed by atoms with Gasteiger partial charge < -0.3 is 0 Å². The molecule has 2 aromatic heterocycles. The summed E-state index contributed by atoms with van der Waals surface area (Å²) in [6, 6.07) is 1.34. The van der Waals surface area contributed by atoms with Crippen LogP contribution in [0.2, 0.25) is 0 Å². The highest BCUT2D eigenvalue weighted by atomic mass is 16.3. The molecule has 2 rings (SSSR count). The van der Waals surface area contributed by atoms with Crippen LogP contribution in [0.25, 0.3) is 11.4 Å². The molecule has 1 amide bonds. The van der Waals surface area contributed by atoms with Crippen molar-refractivity contribution in [3.63, 3.8) is 0 Å². The van der Waals surface area contributed by atoms with Crippen LogP contribution in [0, 0.1) is 4.91 Å². The Bertz CT molecular complexity index is 548. The Morgan fingerprint density at radius 2 is 2.31 bits per heavy atom. The van der Waals surface area contributed by atoms with Gasteiger partial charge in [0.2, 0.25) is 0 Å². The molecule has 0 unspecified atom stereocenters. The number of nitrogens with zero attached hydrogens (tertiary/aromatic N) is 5. The van der Waals surface area contributed by atoms with Crippen molar-refractivity contribution in [1.82, 2.24) is 19.7 Å². The van der Waals surface area contributed by atoms with Crippen LogP contribution >= 0.6 is 0 Å². The van der Waals surface area contributed by atoms with Crippen LogP contribution in [0.4, 0.5) is 0 Å². The predicted octanol–water partition coefficient (Wildman–Crippen LogP) is 0.784. The molecule has 0 aliphatic heterocycles. The van der Waals surface area contributed by atoms with Crippen LogP contribution in [0.1, 0.15) is 10.5 Å². The van der Waals surface area contributed by atoms with E-state index in [-0.39, 0.29) is 5.69 Å². The summed E-state index contributed by atoms with van der Waals surface area (Å²) >= 11 is 0. The maximum Gasteiger partial charge on any atom is 0.335 e. The Kier molecular flexibility index (Phi) is 2.50. The van der Waals surface area contributed by atoms with Crippen LogP contribution in [0.15, 0.2) is 29.8 Å². The molecule has 0 aliphatic rings. The summed E-state index contributed by atoms with van der Waals surface area (Å²) in [5.74, 6) is -0.574. The zero-order valence-corrected chi connectivity index (χ0v) is 8.36. The highest BCUT2D eigenvalue weighted by molar-refractivity contribution is 5.93. The predicted molar refractivity (Wildman–Crippen MR) is 54.4 cm³/mol. The first-order chi connectivity index (χ1) is 7.70. The number of carbonyl (C=O) groups is 1. The fraction of sp³-hybridized carbons (Fsp3) is 0.111. The maximum atomic E-state index is 11.0. The van der Waals surface area contributed by atoms with Crippen molar-refractivity contribution in [3.8, 4) is 11.4 Å². The molecule has 0 N–H and O–H groups in total. The fourth-order valence-corrected chi connectivity index (χ4v) is 1.20. The minimum atomic E-state index is -0.910. The lowest BCUT2D eigenvalue weighted by Gasteiger charge is -1.96. The molecule has 0 aromatic carbocycles. The minimum Gasteiger partial charge on any atom is -0.275 e. The van der Waals surface area contributed by atoms with Crippen molar-refractivity contribution in [1.29, 1.82) is 0 Å². The average molecular weight is 217 g/mol. The molecular formula is C9H7N5O2. The molecule has 0 bridgehead atoms. The van der Waals surface area contributed by atoms with Crippen molar-refractivity contribution >= 4 is 5.91 Å². The van der Waals surface area contributed by atoms with Gasteiger partial charge in [0.15, 0.2) is 5.82 Å². The number of amides is 1. The van der Waals surface area contributed by atoms with Crippen molar-refractivity contribution in [2.75, 3.05) is 0 Å². The molecule has 0 saturated heterocycles. The zero-order chi connectivity index (χ0) is 11.5. The van der Waals surface area contributed by atoms with Gasteiger partial charge in [0.1, 0.15) is 5.69 Å². The molecule has 0 spiro atoms. The van der Waals surface area contributed by atoms with Gasteiger partial charge in [0.05, 0.1) is 11.8 Å². The second-order valence-electron chi connectivity index (χ2n) is 3.06. The number of rotatable bonds is 2.